The summed E-state index contributed by atoms with van der Waals surface area (Å²) in [6.07, 6.45) is -3.86. The van der Waals surface area contributed by atoms with Crippen LogP contribution in [0.4, 0.5) is 17.6 Å². The van der Waals surface area contributed by atoms with Gasteiger partial charge in [-0.3, -0.25) is 0 Å². The predicted octanol–water partition coefficient (Wildman–Crippen LogP) is 5.07. The highest BCUT2D eigenvalue weighted by Crippen LogP contribution is 2.32. The molecule has 0 aromatic heterocycles. The molecule has 0 atom stereocenters. The minimum Gasteiger partial charge on any atom is -0.207 e. The third kappa shape index (κ3) is 2.78. The van der Waals surface area contributed by atoms with Gasteiger partial charge >= 0.3 is 6.18 Å². The molecule has 0 spiro atoms. The van der Waals surface area contributed by atoms with Gasteiger partial charge < -0.3 is 0 Å². The molecule has 0 aliphatic heterocycles. The average molecular weight is 268 g/mol. The van der Waals surface area contributed by atoms with E-state index in [9.17, 15) is 17.6 Å². The second-order valence-electron chi connectivity index (χ2n) is 4.19. The molecule has 0 N–H and O–H groups in total. The van der Waals surface area contributed by atoms with Crippen molar-refractivity contribution < 1.29 is 17.6 Å². The van der Waals surface area contributed by atoms with Crippen LogP contribution in [0.2, 0.25) is 0 Å². The molecular weight excluding hydrogens is 256 g/mol. The van der Waals surface area contributed by atoms with Crippen LogP contribution in [-0.2, 0) is 12.6 Å². The molecule has 100 valence electrons. The Labute approximate surface area is 108 Å². The quantitative estimate of drug-likeness (QED) is 0.667. The summed E-state index contributed by atoms with van der Waals surface area (Å²) in [4.78, 5) is 0. The summed E-state index contributed by atoms with van der Waals surface area (Å²) >= 11 is 0. The number of halogens is 4. The van der Waals surface area contributed by atoms with Crippen molar-refractivity contribution in [3.8, 4) is 11.1 Å². The fourth-order valence-electron chi connectivity index (χ4n) is 2.03. The van der Waals surface area contributed by atoms with E-state index in [4.69, 9.17) is 0 Å². The Morgan fingerprint density at radius 2 is 1.58 bits per heavy atom. The molecule has 2 aromatic carbocycles. The van der Waals surface area contributed by atoms with Crippen molar-refractivity contribution in [3.05, 3.63) is 59.4 Å². The SMILES string of the molecule is CCc1c(F)cccc1-c1ccc(C(F)(F)F)cc1. The molecule has 0 saturated carbocycles. The Morgan fingerprint density at radius 1 is 0.947 bits per heavy atom. The van der Waals surface area contributed by atoms with Crippen LogP contribution in [0.3, 0.4) is 0 Å². The van der Waals surface area contributed by atoms with Gasteiger partial charge in [-0.2, -0.15) is 13.2 Å². The molecule has 0 aliphatic rings. The molecule has 0 nitrogen and oxygen atoms in total. The molecule has 4 heteroatoms. The molecule has 2 aromatic rings. The van der Waals surface area contributed by atoms with Gasteiger partial charge in [0.2, 0.25) is 0 Å². The van der Waals surface area contributed by atoms with Crippen LogP contribution in [0.15, 0.2) is 42.5 Å². The first kappa shape index (κ1) is 13.6. The molecule has 0 saturated heterocycles. The van der Waals surface area contributed by atoms with Gasteiger partial charge in [-0.1, -0.05) is 31.2 Å². The fraction of sp³-hybridized carbons (Fsp3) is 0.200. The van der Waals surface area contributed by atoms with E-state index >= 15 is 0 Å². The molecule has 0 aliphatic carbocycles. The van der Waals surface area contributed by atoms with Gasteiger partial charge in [0.15, 0.2) is 0 Å². The fourth-order valence-corrected chi connectivity index (χ4v) is 2.03. The van der Waals surface area contributed by atoms with E-state index in [0.717, 1.165) is 12.1 Å². The van der Waals surface area contributed by atoms with E-state index in [1.54, 1.807) is 12.1 Å². The van der Waals surface area contributed by atoms with E-state index in [-0.39, 0.29) is 5.82 Å². The summed E-state index contributed by atoms with van der Waals surface area (Å²) in [5, 5.41) is 0. The Morgan fingerprint density at radius 3 is 2.11 bits per heavy atom. The van der Waals surface area contributed by atoms with Crippen LogP contribution in [0, 0.1) is 5.82 Å². The van der Waals surface area contributed by atoms with Crippen molar-refractivity contribution in [1.29, 1.82) is 0 Å². The van der Waals surface area contributed by atoms with E-state index < -0.39 is 11.7 Å². The Hall–Kier alpha value is -1.84. The summed E-state index contributed by atoms with van der Waals surface area (Å²) < 4.78 is 51.0. The Balaban J connectivity index is 2.46. The first-order chi connectivity index (χ1) is 8.93. The molecule has 0 unspecified atom stereocenters. The number of rotatable bonds is 2. The van der Waals surface area contributed by atoms with Crippen LogP contribution in [0.1, 0.15) is 18.1 Å². The highest BCUT2D eigenvalue weighted by atomic mass is 19.4. The average Bonchev–Trinajstić information content (AvgIpc) is 2.37. The molecular formula is C15H12F4. The van der Waals surface area contributed by atoms with E-state index in [0.29, 0.717) is 23.1 Å². The highest BCUT2D eigenvalue weighted by Gasteiger charge is 2.30. The molecule has 0 fully saturated rings. The monoisotopic (exact) mass is 268 g/mol. The van der Waals surface area contributed by atoms with Crippen molar-refractivity contribution >= 4 is 0 Å². The first-order valence-electron chi connectivity index (χ1n) is 5.88. The zero-order chi connectivity index (χ0) is 14.0. The highest BCUT2D eigenvalue weighted by molar-refractivity contribution is 5.67. The standard InChI is InChI=1S/C15H12F4/c1-2-12-13(4-3-5-14(12)16)10-6-8-11(9-7-10)15(17,18)19/h3-9H,2H2,1H3. The van der Waals surface area contributed by atoms with E-state index in [1.807, 2.05) is 6.92 Å². The van der Waals surface area contributed by atoms with E-state index in [2.05, 4.69) is 0 Å². The van der Waals surface area contributed by atoms with Gasteiger partial charge in [-0.15, -0.1) is 0 Å². The second kappa shape index (κ2) is 5.03. The lowest BCUT2D eigenvalue weighted by Gasteiger charge is -2.11. The van der Waals surface area contributed by atoms with Crippen molar-refractivity contribution in [2.75, 3.05) is 0 Å². The number of benzene rings is 2. The zero-order valence-electron chi connectivity index (χ0n) is 10.3. The normalized spacial score (nSPS) is 11.6. The lowest BCUT2D eigenvalue weighted by atomic mass is 9.97. The molecule has 2 rings (SSSR count). The molecule has 19 heavy (non-hydrogen) atoms. The smallest absolute Gasteiger partial charge is 0.207 e. The Bertz CT molecular complexity index is 568. The van der Waals surface area contributed by atoms with Crippen molar-refractivity contribution in [3.63, 3.8) is 0 Å². The predicted molar refractivity (Wildman–Crippen MR) is 66.2 cm³/mol. The third-order valence-electron chi connectivity index (χ3n) is 3.00. The lowest BCUT2D eigenvalue weighted by molar-refractivity contribution is -0.137. The summed E-state index contributed by atoms with van der Waals surface area (Å²) in [6, 6.07) is 9.39. The van der Waals surface area contributed by atoms with Gasteiger partial charge in [0.25, 0.3) is 0 Å². The van der Waals surface area contributed by atoms with Crippen LogP contribution < -0.4 is 0 Å². The second-order valence-corrected chi connectivity index (χ2v) is 4.19. The van der Waals surface area contributed by atoms with Crippen molar-refractivity contribution in [1.82, 2.24) is 0 Å². The van der Waals surface area contributed by atoms with Crippen molar-refractivity contribution in [2.24, 2.45) is 0 Å². The van der Waals surface area contributed by atoms with E-state index in [1.165, 1.54) is 18.2 Å². The summed E-state index contributed by atoms with van der Waals surface area (Å²) in [7, 11) is 0. The van der Waals surface area contributed by atoms with Crippen LogP contribution in [0.25, 0.3) is 11.1 Å². The molecule has 0 radical (unpaired) electrons. The molecule has 0 heterocycles. The Kier molecular flexibility index (Phi) is 3.60. The maximum absolute atomic E-state index is 13.6. The molecule has 0 amide bonds. The van der Waals surface area contributed by atoms with Crippen LogP contribution >= 0.6 is 0 Å². The van der Waals surface area contributed by atoms with Gasteiger partial charge in [0.05, 0.1) is 5.56 Å². The summed E-state index contributed by atoms with van der Waals surface area (Å²) in [6.45, 7) is 1.81. The number of alkyl halides is 3. The summed E-state index contributed by atoms with van der Waals surface area (Å²) in [5.74, 6) is -0.333. The van der Waals surface area contributed by atoms with Gasteiger partial charge in [0, 0.05) is 0 Å². The lowest BCUT2D eigenvalue weighted by Crippen LogP contribution is -2.04. The first-order valence-corrected chi connectivity index (χ1v) is 5.88. The van der Waals surface area contributed by atoms with Crippen molar-refractivity contribution in [2.45, 2.75) is 19.5 Å². The largest absolute Gasteiger partial charge is 0.416 e. The third-order valence-corrected chi connectivity index (χ3v) is 3.00. The van der Waals surface area contributed by atoms with Gasteiger partial charge in [-0.05, 0) is 41.3 Å². The van der Waals surface area contributed by atoms with Crippen LogP contribution in [0.5, 0.6) is 0 Å². The van der Waals surface area contributed by atoms with Gasteiger partial charge in [-0.25, -0.2) is 4.39 Å². The topological polar surface area (TPSA) is 0 Å². The zero-order valence-corrected chi connectivity index (χ0v) is 10.3. The minimum atomic E-state index is -4.35. The summed E-state index contributed by atoms with van der Waals surface area (Å²) in [5.41, 5.74) is 1.04. The number of hydrogen-bond donors (Lipinski definition) is 0. The maximum Gasteiger partial charge on any atom is 0.416 e. The molecule has 0 bridgehead atoms. The van der Waals surface area contributed by atoms with Crippen LogP contribution in [-0.4, -0.2) is 0 Å². The van der Waals surface area contributed by atoms with Gasteiger partial charge in [0.1, 0.15) is 5.82 Å². The minimum absolute atomic E-state index is 0.333. The maximum atomic E-state index is 13.6. The number of hydrogen-bond acceptors (Lipinski definition) is 0.